The van der Waals surface area contributed by atoms with E-state index < -0.39 is 12.8 Å². The zero-order valence-electron chi connectivity index (χ0n) is 15.9. The maximum atomic E-state index is 12.4. The molecule has 1 aliphatic heterocycles. The molecule has 2 aromatic carbocycles. The molecule has 0 fully saturated rings. The summed E-state index contributed by atoms with van der Waals surface area (Å²) in [4.78, 5) is 25.7. The summed E-state index contributed by atoms with van der Waals surface area (Å²) < 4.78 is 40.9. The molecule has 1 N–H and O–H groups in total. The molecule has 154 valence electrons. The maximum Gasteiger partial charge on any atom is 0.411 e. The highest BCUT2D eigenvalue weighted by molar-refractivity contribution is 5.97. The number of hydrogen-bond donors (Lipinski definition) is 1. The van der Waals surface area contributed by atoms with Gasteiger partial charge in [0.15, 0.2) is 0 Å². The largest absolute Gasteiger partial charge is 0.411 e. The van der Waals surface area contributed by atoms with E-state index in [0.717, 1.165) is 16.8 Å². The van der Waals surface area contributed by atoms with Crippen LogP contribution in [0, 0.1) is 0 Å². The van der Waals surface area contributed by atoms with Crippen molar-refractivity contribution in [2.24, 2.45) is 0 Å². The second-order valence-corrected chi connectivity index (χ2v) is 6.87. The normalized spacial score (nSPS) is 13.3. The van der Waals surface area contributed by atoms with Gasteiger partial charge >= 0.3 is 6.18 Å². The standard InChI is InChI=1S/C21H21F3N2O3/c1-14(27)26-9-8-17-10-18(6-7-19(17)26)20(28)25-11-15-2-4-16(5-3-15)12-29-13-21(22,23)24/h2-7,10H,8-9,11-13H2,1H3,(H,25,28). The lowest BCUT2D eigenvalue weighted by atomic mass is 10.1. The highest BCUT2D eigenvalue weighted by atomic mass is 19.4. The predicted octanol–water partition coefficient (Wildman–Crippen LogP) is 3.60. The van der Waals surface area contributed by atoms with Gasteiger partial charge < -0.3 is 15.0 Å². The van der Waals surface area contributed by atoms with Crippen molar-refractivity contribution in [3.05, 3.63) is 64.7 Å². The Morgan fingerprint density at radius 2 is 1.79 bits per heavy atom. The van der Waals surface area contributed by atoms with Gasteiger partial charge in [-0.1, -0.05) is 24.3 Å². The summed E-state index contributed by atoms with van der Waals surface area (Å²) in [6.07, 6.45) is -3.62. The average molecular weight is 406 g/mol. The number of rotatable bonds is 6. The molecular formula is C21H21F3N2O3. The van der Waals surface area contributed by atoms with Gasteiger partial charge in [0, 0.05) is 31.3 Å². The number of fused-ring (bicyclic) bond motifs is 1. The van der Waals surface area contributed by atoms with Gasteiger partial charge in [-0.2, -0.15) is 13.2 Å². The molecule has 29 heavy (non-hydrogen) atoms. The number of ether oxygens (including phenoxy) is 1. The first-order valence-corrected chi connectivity index (χ1v) is 9.14. The first kappa shape index (κ1) is 20.9. The molecule has 5 nitrogen and oxygen atoms in total. The fraction of sp³-hybridized carbons (Fsp3) is 0.333. The molecule has 0 atom stereocenters. The van der Waals surface area contributed by atoms with E-state index in [1.807, 2.05) is 0 Å². The third kappa shape index (κ3) is 5.57. The zero-order chi connectivity index (χ0) is 21.0. The van der Waals surface area contributed by atoms with Crippen LogP contribution in [0.1, 0.15) is 34.0 Å². The number of carbonyl (C=O) groups is 2. The first-order valence-electron chi connectivity index (χ1n) is 9.14. The molecule has 0 saturated heterocycles. The molecule has 0 aliphatic carbocycles. The molecule has 1 aliphatic rings. The van der Waals surface area contributed by atoms with E-state index in [2.05, 4.69) is 10.1 Å². The fourth-order valence-electron chi connectivity index (χ4n) is 3.19. The fourth-order valence-corrected chi connectivity index (χ4v) is 3.19. The second kappa shape index (κ2) is 8.65. The third-order valence-electron chi connectivity index (χ3n) is 4.63. The number of hydrogen-bond acceptors (Lipinski definition) is 3. The third-order valence-corrected chi connectivity index (χ3v) is 4.63. The number of amides is 2. The van der Waals surface area contributed by atoms with Crippen molar-refractivity contribution in [1.29, 1.82) is 0 Å². The van der Waals surface area contributed by atoms with Gasteiger partial charge in [-0.05, 0) is 41.3 Å². The summed E-state index contributed by atoms with van der Waals surface area (Å²) in [5.74, 6) is -0.250. The van der Waals surface area contributed by atoms with Crippen LogP contribution in [-0.4, -0.2) is 31.1 Å². The van der Waals surface area contributed by atoms with Crippen LogP contribution >= 0.6 is 0 Å². The monoisotopic (exact) mass is 406 g/mol. The van der Waals surface area contributed by atoms with Crippen LogP contribution < -0.4 is 10.2 Å². The number of nitrogens with one attached hydrogen (secondary N) is 1. The Bertz CT molecular complexity index is 895. The molecule has 0 aromatic heterocycles. The molecular weight excluding hydrogens is 385 g/mol. The molecule has 0 unspecified atom stereocenters. The Morgan fingerprint density at radius 3 is 2.45 bits per heavy atom. The number of benzene rings is 2. The molecule has 3 rings (SSSR count). The molecule has 0 bridgehead atoms. The van der Waals surface area contributed by atoms with Crippen molar-refractivity contribution in [3.8, 4) is 0 Å². The lowest BCUT2D eigenvalue weighted by Gasteiger charge is -2.14. The highest BCUT2D eigenvalue weighted by Crippen LogP contribution is 2.28. The van der Waals surface area contributed by atoms with Crippen molar-refractivity contribution in [2.75, 3.05) is 18.1 Å². The molecule has 2 amide bonds. The van der Waals surface area contributed by atoms with E-state index >= 15 is 0 Å². The van der Waals surface area contributed by atoms with Crippen molar-refractivity contribution in [2.45, 2.75) is 32.7 Å². The van der Waals surface area contributed by atoms with Crippen molar-refractivity contribution in [1.82, 2.24) is 5.32 Å². The van der Waals surface area contributed by atoms with Gasteiger partial charge in [0.25, 0.3) is 5.91 Å². The van der Waals surface area contributed by atoms with Gasteiger partial charge in [0.1, 0.15) is 6.61 Å². The van der Waals surface area contributed by atoms with Gasteiger partial charge in [0.2, 0.25) is 5.91 Å². The van der Waals surface area contributed by atoms with Crippen LogP contribution in [0.3, 0.4) is 0 Å². The lowest BCUT2D eigenvalue weighted by molar-refractivity contribution is -0.176. The number of anilines is 1. The number of halogens is 3. The Labute approximate surface area is 166 Å². The van der Waals surface area contributed by atoms with Crippen LogP contribution in [0.25, 0.3) is 0 Å². The summed E-state index contributed by atoms with van der Waals surface area (Å²) in [6, 6.07) is 12.1. The van der Waals surface area contributed by atoms with E-state index in [4.69, 9.17) is 0 Å². The lowest BCUT2D eigenvalue weighted by Crippen LogP contribution is -2.26. The van der Waals surface area contributed by atoms with E-state index in [1.54, 1.807) is 47.4 Å². The molecule has 1 heterocycles. The average Bonchev–Trinajstić information content (AvgIpc) is 3.09. The predicted molar refractivity (Wildman–Crippen MR) is 101 cm³/mol. The number of alkyl halides is 3. The topological polar surface area (TPSA) is 58.6 Å². The summed E-state index contributed by atoms with van der Waals surface area (Å²) in [5, 5.41) is 2.82. The van der Waals surface area contributed by atoms with Gasteiger partial charge in [0.05, 0.1) is 6.61 Å². The van der Waals surface area contributed by atoms with Crippen LogP contribution in [0.15, 0.2) is 42.5 Å². The minimum Gasteiger partial charge on any atom is -0.367 e. The Balaban J connectivity index is 1.53. The van der Waals surface area contributed by atoms with Crippen LogP contribution in [0.2, 0.25) is 0 Å². The molecule has 8 heteroatoms. The summed E-state index contributed by atoms with van der Waals surface area (Å²) in [7, 11) is 0. The molecule has 0 saturated carbocycles. The van der Waals surface area contributed by atoms with Crippen LogP contribution in [-0.2, 0) is 29.1 Å². The second-order valence-electron chi connectivity index (χ2n) is 6.87. The van der Waals surface area contributed by atoms with Gasteiger partial charge in [-0.25, -0.2) is 0 Å². The summed E-state index contributed by atoms with van der Waals surface area (Å²) in [6.45, 7) is 1.02. The van der Waals surface area contributed by atoms with Crippen LogP contribution in [0.4, 0.5) is 18.9 Å². The quantitative estimate of drug-likeness (QED) is 0.798. The Hall–Kier alpha value is -2.87. The highest BCUT2D eigenvalue weighted by Gasteiger charge is 2.27. The van der Waals surface area contributed by atoms with Crippen LogP contribution in [0.5, 0.6) is 0 Å². The van der Waals surface area contributed by atoms with Crippen molar-refractivity contribution >= 4 is 17.5 Å². The molecule has 2 aromatic rings. The smallest absolute Gasteiger partial charge is 0.367 e. The minimum absolute atomic E-state index is 0.0202. The molecule has 0 spiro atoms. The van der Waals surface area contributed by atoms with E-state index in [-0.39, 0.29) is 18.4 Å². The zero-order valence-corrected chi connectivity index (χ0v) is 15.9. The van der Waals surface area contributed by atoms with Gasteiger partial charge in [-0.3, -0.25) is 9.59 Å². The molecule has 0 radical (unpaired) electrons. The summed E-state index contributed by atoms with van der Waals surface area (Å²) >= 11 is 0. The van der Waals surface area contributed by atoms with E-state index in [9.17, 15) is 22.8 Å². The SMILES string of the molecule is CC(=O)N1CCc2cc(C(=O)NCc3ccc(COCC(F)(F)F)cc3)ccc21. The first-order chi connectivity index (χ1) is 13.7. The Morgan fingerprint density at radius 1 is 1.10 bits per heavy atom. The maximum absolute atomic E-state index is 12.4. The number of nitrogens with zero attached hydrogens (tertiary/aromatic N) is 1. The minimum atomic E-state index is -4.34. The van der Waals surface area contributed by atoms with Gasteiger partial charge in [-0.15, -0.1) is 0 Å². The number of carbonyl (C=O) groups excluding carboxylic acids is 2. The van der Waals surface area contributed by atoms with Crippen molar-refractivity contribution < 1.29 is 27.5 Å². The summed E-state index contributed by atoms with van der Waals surface area (Å²) in [5.41, 5.74) is 3.78. The van der Waals surface area contributed by atoms with Crippen molar-refractivity contribution in [3.63, 3.8) is 0 Å². The van der Waals surface area contributed by atoms with E-state index in [0.29, 0.717) is 30.6 Å². The van der Waals surface area contributed by atoms with E-state index in [1.165, 1.54) is 6.92 Å². The Kier molecular flexibility index (Phi) is 6.22.